The molecule has 2 rings (SSSR count). The molecule has 10 heteroatoms. The molecule has 0 atom stereocenters. The fraction of sp³-hybridized carbons (Fsp3) is 0.158. The third-order valence-electron chi connectivity index (χ3n) is 3.60. The van der Waals surface area contributed by atoms with Gasteiger partial charge in [-0.2, -0.15) is 0 Å². The van der Waals surface area contributed by atoms with Crippen LogP contribution in [0.25, 0.3) is 6.08 Å². The molecule has 0 aliphatic rings. The summed E-state index contributed by atoms with van der Waals surface area (Å²) in [6.07, 6.45) is 2.56. The number of carbonyl (C=O) groups excluding carboxylic acids is 2. The average Bonchev–Trinajstić information content (AvgIpc) is 2.71. The molecular formula is C19H17FN2O7. The van der Waals surface area contributed by atoms with Crippen LogP contribution in [-0.2, 0) is 14.3 Å². The van der Waals surface area contributed by atoms with E-state index >= 15 is 0 Å². The fourth-order valence-electron chi connectivity index (χ4n) is 2.25. The Hall–Kier alpha value is -3.95. The molecule has 0 saturated heterocycles. The Bertz CT molecular complexity index is 960. The van der Waals surface area contributed by atoms with Gasteiger partial charge in [0.1, 0.15) is 11.5 Å². The van der Waals surface area contributed by atoms with E-state index in [9.17, 15) is 24.1 Å². The van der Waals surface area contributed by atoms with E-state index in [1.165, 1.54) is 20.3 Å². The number of nitro benzene ring substituents is 1. The number of ether oxygens (including phenoxy) is 3. The molecule has 0 fully saturated rings. The Kier molecular flexibility index (Phi) is 7.24. The summed E-state index contributed by atoms with van der Waals surface area (Å²) in [5, 5.41) is 13.1. The summed E-state index contributed by atoms with van der Waals surface area (Å²) in [4.78, 5) is 33.7. The lowest BCUT2D eigenvalue weighted by atomic mass is 10.2. The lowest BCUT2D eigenvalue weighted by Crippen LogP contribution is -2.20. The molecule has 2 aromatic carbocycles. The summed E-state index contributed by atoms with van der Waals surface area (Å²) in [5.74, 6) is -1.43. The molecule has 0 unspecified atom stereocenters. The third-order valence-corrected chi connectivity index (χ3v) is 3.60. The van der Waals surface area contributed by atoms with E-state index in [0.717, 1.165) is 18.2 Å². The number of nitrogens with one attached hydrogen (secondary N) is 1. The first-order chi connectivity index (χ1) is 13.8. The van der Waals surface area contributed by atoms with Crippen LogP contribution in [0.3, 0.4) is 0 Å². The van der Waals surface area contributed by atoms with Crippen LogP contribution in [0.4, 0.5) is 15.8 Å². The number of rotatable bonds is 8. The Morgan fingerprint density at radius 2 is 1.86 bits per heavy atom. The molecule has 0 bridgehead atoms. The van der Waals surface area contributed by atoms with E-state index in [4.69, 9.17) is 14.2 Å². The average molecular weight is 404 g/mol. The molecule has 0 aliphatic carbocycles. The first-order valence-corrected chi connectivity index (χ1v) is 8.14. The molecule has 0 aromatic heterocycles. The number of anilines is 1. The minimum Gasteiger partial charge on any atom is -0.493 e. The van der Waals surface area contributed by atoms with Gasteiger partial charge >= 0.3 is 5.97 Å². The van der Waals surface area contributed by atoms with Gasteiger partial charge in [-0.05, 0) is 35.9 Å². The number of nitro groups is 1. The highest BCUT2D eigenvalue weighted by atomic mass is 19.1. The maximum Gasteiger partial charge on any atom is 0.331 e. The number of amides is 1. The summed E-state index contributed by atoms with van der Waals surface area (Å²) >= 11 is 0. The predicted octanol–water partition coefficient (Wildman–Crippen LogP) is 2.95. The molecule has 0 heterocycles. The van der Waals surface area contributed by atoms with Gasteiger partial charge < -0.3 is 19.5 Å². The van der Waals surface area contributed by atoms with Gasteiger partial charge in [-0.25, -0.2) is 9.18 Å². The number of benzene rings is 2. The van der Waals surface area contributed by atoms with Crippen LogP contribution in [0.15, 0.2) is 42.5 Å². The third kappa shape index (κ3) is 6.03. The van der Waals surface area contributed by atoms with Crippen LogP contribution in [0.1, 0.15) is 5.56 Å². The van der Waals surface area contributed by atoms with Crippen molar-refractivity contribution in [2.24, 2.45) is 0 Å². The van der Waals surface area contributed by atoms with Gasteiger partial charge in [-0.3, -0.25) is 14.9 Å². The maximum absolute atomic E-state index is 13.1. The van der Waals surface area contributed by atoms with Crippen molar-refractivity contribution < 1.29 is 33.1 Å². The summed E-state index contributed by atoms with van der Waals surface area (Å²) < 4.78 is 28.2. The van der Waals surface area contributed by atoms with Crippen molar-refractivity contribution in [2.45, 2.75) is 0 Å². The van der Waals surface area contributed by atoms with Crippen LogP contribution in [0.2, 0.25) is 0 Å². The lowest BCUT2D eigenvalue weighted by Gasteiger charge is -2.07. The van der Waals surface area contributed by atoms with Crippen LogP contribution in [0.5, 0.6) is 11.5 Å². The number of halogens is 1. The molecule has 0 radical (unpaired) electrons. The molecule has 2 aromatic rings. The van der Waals surface area contributed by atoms with Gasteiger partial charge in [-0.15, -0.1) is 0 Å². The first kappa shape index (κ1) is 21.4. The van der Waals surface area contributed by atoms with E-state index < -0.39 is 34.9 Å². The highest BCUT2D eigenvalue weighted by Crippen LogP contribution is 2.28. The summed E-state index contributed by atoms with van der Waals surface area (Å²) in [5.41, 5.74) is -0.192. The zero-order valence-electron chi connectivity index (χ0n) is 15.5. The number of carbonyl (C=O) groups is 2. The molecule has 1 N–H and O–H groups in total. The molecule has 9 nitrogen and oxygen atoms in total. The number of hydrogen-bond donors (Lipinski definition) is 1. The highest BCUT2D eigenvalue weighted by molar-refractivity contribution is 5.96. The van der Waals surface area contributed by atoms with Crippen LogP contribution >= 0.6 is 0 Å². The Labute approximate surface area is 164 Å². The van der Waals surface area contributed by atoms with Crippen LogP contribution < -0.4 is 14.8 Å². The van der Waals surface area contributed by atoms with Gasteiger partial charge in [0, 0.05) is 6.08 Å². The number of hydrogen-bond acceptors (Lipinski definition) is 7. The van der Waals surface area contributed by atoms with Gasteiger partial charge in [0.2, 0.25) is 0 Å². The second-order valence-corrected chi connectivity index (χ2v) is 5.52. The Morgan fingerprint density at radius 1 is 1.14 bits per heavy atom. The molecule has 0 spiro atoms. The number of esters is 1. The summed E-state index contributed by atoms with van der Waals surface area (Å²) in [6.45, 7) is -0.677. The van der Waals surface area contributed by atoms with Crippen molar-refractivity contribution in [3.63, 3.8) is 0 Å². The van der Waals surface area contributed by atoms with Crippen molar-refractivity contribution in [3.8, 4) is 11.5 Å². The molecule has 29 heavy (non-hydrogen) atoms. The largest absolute Gasteiger partial charge is 0.493 e. The SMILES string of the molecule is COc1ccc(/C=C/C(=O)OCC(=O)Nc2ccc(F)cc2[N+](=O)[O-])cc1OC. The number of methoxy groups -OCH3 is 2. The molecule has 0 aliphatic heterocycles. The Balaban J connectivity index is 1.93. The van der Waals surface area contributed by atoms with Crippen molar-refractivity contribution in [2.75, 3.05) is 26.1 Å². The zero-order valence-corrected chi connectivity index (χ0v) is 15.5. The van der Waals surface area contributed by atoms with Crippen molar-refractivity contribution in [1.82, 2.24) is 0 Å². The predicted molar refractivity (Wildman–Crippen MR) is 101 cm³/mol. The van der Waals surface area contributed by atoms with E-state index in [0.29, 0.717) is 23.1 Å². The van der Waals surface area contributed by atoms with Crippen molar-refractivity contribution in [1.29, 1.82) is 0 Å². The standard InChI is InChI=1S/C19H17FN2O7/c1-27-16-7-3-12(9-17(16)28-2)4-8-19(24)29-11-18(23)21-14-6-5-13(20)10-15(14)22(25)26/h3-10H,11H2,1-2H3,(H,21,23)/b8-4+. The second-order valence-electron chi connectivity index (χ2n) is 5.52. The monoisotopic (exact) mass is 404 g/mol. The summed E-state index contributed by atoms with van der Waals surface area (Å²) in [7, 11) is 2.97. The topological polar surface area (TPSA) is 117 Å². The maximum atomic E-state index is 13.1. The van der Waals surface area contributed by atoms with Gasteiger partial charge in [0.25, 0.3) is 11.6 Å². The fourth-order valence-corrected chi connectivity index (χ4v) is 2.25. The van der Waals surface area contributed by atoms with Crippen LogP contribution in [-0.4, -0.2) is 37.6 Å². The zero-order chi connectivity index (χ0) is 21.4. The van der Waals surface area contributed by atoms with Crippen LogP contribution in [0, 0.1) is 15.9 Å². The minimum atomic E-state index is -0.837. The quantitative estimate of drug-likeness (QED) is 0.311. The van der Waals surface area contributed by atoms with Crippen molar-refractivity contribution in [3.05, 3.63) is 64.0 Å². The van der Waals surface area contributed by atoms with E-state index in [-0.39, 0.29) is 5.69 Å². The normalized spacial score (nSPS) is 10.4. The van der Waals surface area contributed by atoms with Crippen molar-refractivity contribution >= 4 is 29.3 Å². The smallest absolute Gasteiger partial charge is 0.331 e. The molecule has 152 valence electrons. The minimum absolute atomic E-state index is 0.210. The van der Waals surface area contributed by atoms with Gasteiger partial charge in [-0.1, -0.05) is 6.07 Å². The Morgan fingerprint density at radius 3 is 2.52 bits per heavy atom. The first-order valence-electron chi connectivity index (χ1n) is 8.14. The summed E-state index contributed by atoms with van der Waals surface area (Å²) in [6, 6.07) is 7.67. The molecular weight excluding hydrogens is 387 g/mol. The lowest BCUT2D eigenvalue weighted by molar-refractivity contribution is -0.384. The second kappa shape index (κ2) is 9.83. The molecule has 1 amide bonds. The highest BCUT2D eigenvalue weighted by Gasteiger charge is 2.17. The molecule has 0 saturated carbocycles. The van der Waals surface area contributed by atoms with Gasteiger partial charge in [0.15, 0.2) is 18.1 Å². The van der Waals surface area contributed by atoms with Gasteiger partial charge in [0.05, 0.1) is 25.2 Å². The van der Waals surface area contributed by atoms with E-state index in [2.05, 4.69) is 5.32 Å². The van der Waals surface area contributed by atoms with E-state index in [1.54, 1.807) is 18.2 Å². The number of nitrogens with zero attached hydrogens (tertiary/aromatic N) is 1. The van der Waals surface area contributed by atoms with E-state index in [1.807, 2.05) is 0 Å².